The summed E-state index contributed by atoms with van der Waals surface area (Å²) in [5, 5.41) is 0. The van der Waals surface area contributed by atoms with Crippen LogP contribution >= 0.6 is 0 Å². The minimum atomic E-state index is 0.245. The minimum Gasteiger partial charge on any atom is -0.332 e. The Morgan fingerprint density at radius 1 is 1.44 bits per heavy atom. The largest absolute Gasteiger partial charge is 0.332 e. The number of aryl methyl sites for hydroxylation is 1. The van der Waals surface area contributed by atoms with Gasteiger partial charge >= 0.3 is 0 Å². The van der Waals surface area contributed by atoms with Crippen molar-refractivity contribution in [3.63, 3.8) is 0 Å². The van der Waals surface area contributed by atoms with E-state index < -0.39 is 0 Å². The number of amides is 1. The maximum Gasteiger partial charge on any atom is 0.223 e. The molecule has 0 bridgehead atoms. The van der Waals surface area contributed by atoms with Gasteiger partial charge in [0, 0.05) is 13.0 Å². The fourth-order valence-electron chi connectivity index (χ4n) is 2.68. The molecular weight excluding hydrogens is 222 g/mol. The van der Waals surface area contributed by atoms with Crippen molar-refractivity contribution in [2.75, 3.05) is 6.54 Å². The van der Waals surface area contributed by atoms with Crippen molar-refractivity contribution >= 4 is 5.91 Å². The topological polar surface area (TPSA) is 20.3 Å². The molecule has 1 unspecified atom stereocenters. The van der Waals surface area contributed by atoms with Crippen LogP contribution in [-0.2, 0) is 11.2 Å². The molecule has 0 fully saturated rings. The SMILES string of the molecule is C/C=C/CN(C(=O)CC)C1CCc2ccccc21. The second-order valence-electron chi connectivity index (χ2n) is 4.72. The molecule has 0 aromatic heterocycles. The first-order chi connectivity index (χ1) is 8.77. The molecule has 0 N–H and O–H groups in total. The number of carbonyl (C=O) groups is 1. The number of rotatable bonds is 4. The molecule has 2 rings (SSSR count). The van der Waals surface area contributed by atoms with Crippen molar-refractivity contribution in [1.82, 2.24) is 4.90 Å². The average Bonchev–Trinajstić information content (AvgIpc) is 2.83. The lowest BCUT2D eigenvalue weighted by molar-refractivity contribution is -0.132. The summed E-state index contributed by atoms with van der Waals surface area (Å²) in [5.74, 6) is 0.245. The van der Waals surface area contributed by atoms with E-state index in [4.69, 9.17) is 0 Å². The van der Waals surface area contributed by atoms with Gasteiger partial charge in [-0.25, -0.2) is 0 Å². The molecule has 1 aliphatic carbocycles. The van der Waals surface area contributed by atoms with Gasteiger partial charge in [0.2, 0.25) is 5.91 Å². The van der Waals surface area contributed by atoms with E-state index in [9.17, 15) is 4.79 Å². The Kier molecular flexibility index (Phi) is 4.19. The molecule has 1 aromatic rings. The van der Waals surface area contributed by atoms with Crippen LogP contribution in [0.5, 0.6) is 0 Å². The Morgan fingerprint density at radius 3 is 2.94 bits per heavy atom. The first kappa shape index (κ1) is 12.9. The smallest absolute Gasteiger partial charge is 0.223 e. The fourth-order valence-corrected chi connectivity index (χ4v) is 2.68. The molecule has 1 atom stereocenters. The highest BCUT2D eigenvalue weighted by Gasteiger charge is 2.29. The zero-order valence-corrected chi connectivity index (χ0v) is 11.2. The van der Waals surface area contributed by atoms with E-state index in [0.29, 0.717) is 6.42 Å². The molecule has 2 heteroatoms. The molecule has 0 aliphatic heterocycles. The van der Waals surface area contributed by atoms with Gasteiger partial charge in [-0.3, -0.25) is 4.79 Å². The Morgan fingerprint density at radius 2 is 2.22 bits per heavy atom. The van der Waals surface area contributed by atoms with Crippen molar-refractivity contribution in [1.29, 1.82) is 0 Å². The van der Waals surface area contributed by atoms with Gasteiger partial charge in [0.15, 0.2) is 0 Å². The number of hydrogen-bond acceptors (Lipinski definition) is 1. The van der Waals surface area contributed by atoms with Crippen LogP contribution in [0.1, 0.15) is 43.9 Å². The van der Waals surface area contributed by atoms with Gasteiger partial charge in [0.05, 0.1) is 6.04 Å². The summed E-state index contributed by atoms with van der Waals surface area (Å²) in [4.78, 5) is 14.1. The third-order valence-corrected chi connectivity index (χ3v) is 3.64. The van der Waals surface area contributed by atoms with E-state index in [1.54, 1.807) is 0 Å². The summed E-state index contributed by atoms with van der Waals surface area (Å²) in [6, 6.07) is 8.77. The van der Waals surface area contributed by atoms with E-state index in [0.717, 1.165) is 19.4 Å². The normalized spacial score (nSPS) is 18.0. The second-order valence-corrected chi connectivity index (χ2v) is 4.72. The van der Waals surface area contributed by atoms with Gasteiger partial charge in [0.25, 0.3) is 0 Å². The van der Waals surface area contributed by atoms with Crippen LogP contribution in [0.4, 0.5) is 0 Å². The van der Waals surface area contributed by atoms with E-state index in [1.165, 1.54) is 11.1 Å². The number of allylic oxidation sites excluding steroid dienone is 1. The average molecular weight is 243 g/mol. The van der Waals surface area contributed by atoms with Crippen molar-refractivity contribution in [3.05, 3.63) is 47.5 Å². The molecule has 96 valence electrons. The van der Waals surface area contributed by atoms with Crippen LogP contribution in [0.25, 0.3) is 0 Å². The number of benzene rings is 1. The summed E-state index contributed by atoms with van der Waals surface area (Å²) >= 11 is 0. The molecule has 1 amide bonds. The molecule has 0 heterocycles. The van der Waals surface area contributed by atoms with E-state index in [1.807, 2.05) is 24.8 Å². The van der Waals surface area contributed by atoms with Crippen molar-refractivity contribution in [2.24, 2.45) is 0 Å². The summed E-state index contributed by atoms with van der Waals surface area (Å²) < 4.78 is 0. The monoisotopic (exact) mass is 243 g/mol. The first-order valence-corrected chi connectivity index (χ1v) is 6.76. The lowest BCUT2D eigenvalue weighted by atomic mass is 10.1. The van der Waals surface area contributed by atoms with Crippen LogP contribution < -0.4 is 0 Å². The van der Waals surface area contributed by atoms with Gasteiger partial charge in [-0.15, -0.1) is 0 Å². The zero-order valence-electron chi connectivity index (χ0n) is 11.2. The third-order valence-electron chi connectivity index (χ3n) is 3.64. The Hall–Kier alpha value is -1.57. The third kappa shape index (κ3) is 2.47. The highest BCUT2D eigenvalue weighted by molar-refractivity contribution is 5.76. The summed E-state index contributed by atoms with van der Waals surface area (Å²) in [7, 11) is 0. The predicted octanol–water partition coefficient (Wildman–Crippen LogP) is 3.49. The molecule has 1 aliphatic rings. The molecule has 0 saturated carbocycles. The van der Waals surface area contributed by atoms with Crippen molar-refractivity contribution in [2.45, 2.75) is 39.2 Å². The van der Waals surface area contributed by atoms with Crippen LogP contribution in [0, 0.1) is 0 Å². The van der Waals surface area contributed by atoms with E-state index in [-0.39, 0.29) is 11.9 Å². The van der Waals surface area contributed by atoms with Crippen molar-refractivity contribution < 1.29 is 4.79 Å². The van der Waals surface area contributed by atoms with Gasteiger partial charge in [-0.1, -0.05) is 43.3 Å². The van der Waals surface area contributed by atoms with Gasteiger partial charge in [-0.05, 0) is 30.9 Å². The predicted molar refractivity (Wildman–Crippen MR) is 74.3 cm³/mol. The molecule has 0 spiro atoms. The molecule has 0 saturated heterocycles. The minimum absolute atomic E-state index is 0.245. The Balaban J connectivity index is 2.24. The second kappa shape index (κ2) is 5.85. The van der Waals surface area contributed by atoms with Crippen LogP contribution in [0.2, 0.25) is 0 Å². The number of carbonyl (C=O) groups excluding carboxylic acids is 1. The molecule has 18 heavy (non-hydrogen) atoms. The maximum atomic E-state index is 12.1. The fraction of sp³-hybridized carbons (Fsp3) is 0.438. The number of hydrogen-bond donors (Lipinski definition) is 0. The zero-order chi connectivity index (χ0) is 13.0. The van der Waals surface area contributed by atoms with Crippen LogP contribution in [0.3, 0.4) is 0 Å². The molecule has 1 aromatic carbocycles. The summed E-state index contributed by atoms with van der Waals surface area (Å²) in [6.07, 6.45) is 6.80. The standard InChI is InChI=1S/C16H21NO/c1-3-5-12-17(16(18)4-2)15-11-10-13-8-6-7-9-14(13)15/h3,5-9,15H,4,10-12H2,1-2H3/b5-3+. The number of fused-ring (bicyclic) bond motifs is 1. The lowest BCUT2D eigenvalue weighted by Gasteiger charge is -2.28. The quantitative estimate of drug-likeness (QED) is 0.741. The summed E-state index contributed by atoms with van der Waals surface area (Å²) in [6.45, 7) is 4.66. The van der Waals surface area contributed by atoms with E-state index in [2.05, 4.69) is 30.3 Å². The maximum absolute atomic E-state index is 12.1. The highest BCUT2D eigenvalue weighted by atomic mass is 16.2. The van der Waals surface area contributed by atoms with Crippen molar-refractivity contribution in [3.8, 4) is 0 Å². The number of nitrogens with zero attached hydrogens (tertiary/aromatic N) is 1. The highest BCUT2D eigenvalue weighted by Crippen LogP contribution is 2.35. The van der Waals surface area contributed by atoms with Crippen LogP contribution in [0.15, 0.2) is 36.4 Å². The lowest BCUT2D eigenvalue weighted by Crippen LogP contribution is -2.33. The Bertz CT molecular complexity index is 450. The molecule has 2 nitrogen and oxygen atoms in total. The van der Waals surface area contributed by atoms with E-state index >= 15 is 0 Å². The Labute approximate surface area is 109 Å². The molecular formula is C16H21NO. The van der Waals surface area contributed by atoms with Gasteiger partial charge < -0.3 is 4.90 Å². The summed E-state index contributed by atoms with van der Waals surface area (Å²) in [5.41, 5.74) is 2.74. The molecule has 0 radical (unpaired) electrons. The first-order valence-electron chi connectivity index (χ1n) is 6.76. The van der Waals surface area contributed by atoms with Crippen LogP contribution in [-0.4, -0.2) is 17.4 Å². The van der Waals surface area contributed by atoms with Gasteiger partial charge in [-0.2, -0.15) is 0 Å². The van der Waals surface area contributed by atoms with Gasteiger partial charge in [0.1, 0.15) is 0 Å².